The first-order valence-electron chi connectivity index (χ1n) is 36.9. The number of fused-ring (bicyclic) bond motifs is 5. The number of aryl methyl sites for hydroxylation is 23. The molecule has 5 aromatic heterocycles. The summed E-state index contributed by atoms with van der Waals surface area (Å²) in [6.07, 6.45) is 0. The van der Waals surface area contributed by atoms with Crippen molar-refractivity contribution in [2.45, 2.75) is 132 Å². The van der Waals surface area contributed by atoms with Crippen LogP contribution in [0.5, 0.6) is 0 Å². The quantitative estimate of drug-likeness (QED) is 0.153. The van der Waals surface area contributed by atoms with E-state index in [9.17, 15) is 0 Å². The molecule has 524 valence electrons. The summed E-state index contributed by atoms with van der Waals surface area (Å²) in [7, 11) is 10.8. The van der Waals surface area contributed by atoms with Gasteiger partial charge in [0.1, 0.15) is 35.2 Å². The molecule has 0 atom stereocenters. The molecule has 5 nitrogen and oxygen atoms in total. The standard InChI is InChI=1S/C21H24N.2C20H22N.2C19H20N/c1-13-10-15(3)17(5)18(11-13)20-12-16(4)21-14(2)8-7-9-19(21)22(20)6;1-13-6-8-15(3)17(10-13)20-12-16(4)18-11-14(2)7-9-19(18)21(20)5;1-13-9-10-14(2)17(11-13)19-12-16(4)20-15(3)7-6-8-18(20)21(19)5;1-13-8-5-6-10-16(13)18-12-15(3)19-14(2)9-7-11-17(19)20(18)4;1-13-9-10-18-17(11-13)15(3)12-19(20(18)4)16-8-6-5-7-14(16)2/h7-12H,1-6H3;2*6-12H,1-5H3;2*5-12H,1-4H3/q5*+1. The predicted molar refractivity (Wildman–Crippen MR) is 443 cm³/mol. The first-order valence-corrected chi connectivity index (χ1v) is 36.9. The molecule has 0 aliphatic heterocycles. The summed E-state index contributed by atoms with van der Waals surface area (Å²) in [4.78, 5) is 0. The Hall–Kier alpha value is -10.8. The summed E-state index contributed by atoms with van der Waals surface area (Å²) in [5, 5.41) is 6.79. The maximum absolute atomic E-state index is 2.33. The molecule has 15 rings (SSSR count). The molecule has 10 aromatic carbocycles. The van der Waals surface area contributed by atoms with E-state index in [1.54, 1.807) is 0 Å². The fraction of sp³-hybridized carbons (Fsp3) is 0.242. The Labute approximate surface area is 620 Å². The van der Waals surface area contributed by atoms with Crippen LogP contribution >= 0.6 is 0 Å². The average molecular weight is 1370 g/mol. The van der Waals surface area contributed by atoms with Gasteiger partial charge in [0, 0.05) is 99.3 Å². The minimum absolute atomic E-state index is 1.27. The second kappa shape index (κ2) is 31.1. The van der Waals surface area contributed by atoms with Crippen molar-refractivity contribution in [3.63, 3.8) is 0 Å². The van der Waals surface area contributed by atoms with E-state index < -0.39 is 0 Å². The van der Waals surface area contributed by atoms with Crippen molar-refractivity contribution in [2.75, 3.05) is 0 Å². The molecular formula is C99H108N5+5. The van der Waals surface area contributed by atoms with Crippen LogP contribution in [0, 0.1) is 132 Å². The van der Waals surface area contributed by atoms with Gasteiger partial charge < -0.3 is 0 Å². The largest absolute Gasteiger partial charge is 0.213 e. The number of rotatable bonds is 5. The molecule has 5 heteroatoms. The zero-order valence-corrected chi connectivity index (χ0v) is 66.5. The molecule has 0 bridgehead atoms. The van der Waals surface area contributed by atoms with Crippen LogP contribution in [0.4, 0.5) is 0 Å². The summed E-state index contributed by atoms with van der Waals surface area (Å²) in [6.45, 7) is 41.5. The summed E-state index contributed by atoms with van der Waals surface area (Å²) in [5.41, 5.74) is 44.7. The molecule has 0 unspecified atom stereocenters. The molecule has 0 N–H and O–H groups in total. The van der Waals surface area contributed by atoms with Gasteiger partial charge >= 0.3 is 0 Å². The molecule has 0 radical (unpaired) electrons. The van der Waals surface area contributed by atoms with Gasteiger partial charge in [0.05, 0.1) is 16.2 Å². The lowest BCUT2D eigenvalue weighted by atomic mass is 9.95. The topological polar surface area (TPSA) is 19.4 Å². The van der Waals surface area contributed by atoms with E-state index in [4.69, 9.17) is 0 Å². The highest BCUT2D eigenvalue weighted by molar-refractivity contribution is 5.88. The zero-order chi connectivity index (χ0) is 74.9. The molecule has 0 aliphatic carbocycles. The van der Waals surface area contributed by atoms with Crippen LogP contribution in [0.1, 0.15) is 106 Å². The molecule has 0 saturated carbocycles. The van der Waals surface area contributed by atoms with Crippen LogP contribution < -0.4 is 22.8 Å². The van der Waals surface area contributed by atoms with Crippen molar-refractivity contribution in [3.8, 4) is 56.3 Å². The smallest absolute Gasteiger partial charge is 0.194 e. The highest BCUT2D eigenvalue weighted by Crippen LogP contribution is 2.34. The third-order valence-electron chi connectivity index (χ3n) is 21.7. The lowest BCUT2D eigenvalue weighted by Gasteiger charge is -2.12. The van der Waals surface area contributed by atoms with Crippen molar-refractivity contribution >= 4 is 54.5 Å². The Morgan fingerprint density at radius 1 is 0.173 bits per heavy atom. The van der Waals surface area contributed by atoms with Crippen molar-refractivity contribution in [3.05, 3.63) is 324 Å². The molecule has 0 aliphatic rings. The lowest BCUT2D eigenvalue weighted by Crippen LogP contribution is -2.32. The third kappa shape index (κ3) is 15.2. The molecule has 104 heavy (non-hydrogen) atoms. The number of hydrogen-bond acceptors (Lipinski definition) is 0. The van der Waals surface area contributed by atoms with E-state index in [1.165, 1.54) is 217 Å². The molecule has 5 heterocycles. The van der Waals surface area contributed by atoms with E-state index in [1.807, 2.05) is 0 Å². The predicted octanol–water partition coefficient (Wildman–Crippen LogP) is 22.5. The van der Waals surface area contributed by atoms with E-state index in [2.05, 4.69) is 408 Å². The van der Waals surface area contributed by atoms with Gasteiger partial charge in [0.15, 0.2) is 0 Å². The zero-order valence-electron chi connectivity index (χ0n) is 66.5. The van der Waals surface area contributed by atoms with Gasteiger partial charge in [-0.2, -0.15) is 22.8 Å². The summed E-state index contributed by atoms with van der Waals surface area (Å²) in [5.74, 6) is 0. The first kappa shape index (κ1) is 74.4. The molecular weight excluding hydrogens is 1260 g/mol. The number of pyridine rings is 5. The van der Waals surface area contributed by atoms with E-state index in [0.29, 0.717) is 0 Å². The van der Waals surface area contributed by atoms with Crippen molar-refractivity contribution < 1.29 is 22.8 Å². The summed E-state index contributed by atoms with van der Waals surface area (Å²) < 4.78 is 11.6. The van der Waals surface area contributed by atoms with Gasteiger partial charge in [0.2, 0.25) is 56.1 Å². The van der Waals surface area contributed by atoms with Gasteiger partial charge in [-0.3, -0.25) is 0 Å². The fourth-order valence-corrected chi connectivity index (χ4v) is 15.7. The van der Waals surface area contributed by atoms with Crippen LogP contribution in [-0.2, 0) is 35.2 Å². The maximum Gasteiger partial charge on any atom is 0.213 e. The van der Waals surface area contributed by atoms with Crippen LogP contribution in [0.2, 0.25) is 0 Å². The monoisotopic (exact) mass is 1370 g/mol. The Kier molecular flexibility index (Phi) is 22.2. The van der Waals surface area contributed by atoms with Gasteiger partial charge in [0.25, 0.3) is 0 Å². The SMILES string of the molecule is Cc1cc(C)c(C)c(-c2cc(C)c3c(C)cccc3[n+]2C)c1.Cc1ccc(C)c(-c2cc(C)c3c(C)cccc3[n+]2C)c1.Cc1ccc(C)c(-c2cc(C)c3cc(C)ccc3[n+]2C)c1.Cc1ccc2c(c1)c(C)cc(-c1ccccc1C)[n+]2C.Cc1ccccc1-c1cc(C)c2c(C)cccc2[n+]1C. The molecule has 0 saturated heterocycles. The van der Waals surface area contributed by atoms with Gasteiger partial charge in [-0.1, -0.05) is 143 Å². The second-order valence-electron chi connectivity index (χ2n) is 29.8. The van der Waals surface area contributed by atoms with E-state index in [0.717, 1.165) is 0 Å². The highest BCUT2D eigenvalue weighted by atomic mass is 15.0. The maximum atomic E-state index is 2.33. The summed E-state index contributed by atoms with van der Waals surface area (Å²) >= 11 is 0. The third-order valence-corrected chi connectivity index (χ3v) is 21.7. The van der Waals surface area contributed by atoms with Gasteiger partial charge in [-0.25, -0.2) is 0 Å². The van der Waals surface area contributed by atoms with Crippen LogP contribution in [0.25, 0.3) is 111 Å². The molecule has 15 aromatic rings. The highest BCUT2D eigenvalue weighted by Gasteiger charge is 2.25. The second-order valence-corrected chi connectivity index (χ2v) is 29.8. The number of nitrogens with zero attached hydrogens (tertiary/aromatic N) is 5. The Morgan fingerprint density at radius 3 is 0.817 bits per heavy atom. The average Bonchev–Trinajstić information content (AvgIpc) is 0.785. The van der Waals surface area contributed by atoms with Crippen molar-refractivity contribution in [1.82, 2.24) is 0 Å². The lowest BCUT2D eigenvalue weighted by molar-refractivity contribution is -0.633. The van der Waals surface area contributed by atoms with Crippen LogP contribution in [-0.4, -0.2) is 0 Å². The number of aromatic nitrogens is 5. The first-order chi connectivity index (χ1) is 49.5. The van der Waals surface area contributed by atoms with Crippen molar-refractivity contribution in [1.29, 1.82) is 0 Å². The van der Waals surface area contributed by atoms with Crippen LogP contribution in [0.15, 0.2) is 218 Å². The Morgan fingerprint density at radius 2 is 0.452 bits per heavy atom. The molecule has 0 amide bonds. The minimum atomic E-state index is 1.27. The minimum Gasteiger partial charge on any atom is -0.194 e. The van der Waals surface area contributed by atoms with Gasteiger partial charge in [-0.05, 0) is 252 Å². The van der Waals surface area contributed by atoms with Crippen molar-refractivity contribution in [2.24, 2.45) is 35.2 Å². The van der Waals surface area contributed by atoms with E-state index >= 15 is 0 Å². The number of hydrogen-bond donors (Lipinski definition) is 0. The fourth-order valence-electron chi connectivity index (χ4n) is 15.7. The Balaban J connectivity index is 0.000000130. The molecule has 0 spiro atoms. The Bertz CT molecular complexity index is 5840. The molecule has 0 fully saturated rings. The van der Waals surface area contributed by atoms with Gasteiger partial charge in [-0.15, -0.1) is 0 Å². The number of benzene rings is 10. The van der Waals surface area contributed by atoms with E-state index in [-0.39, 0.29) is 0 Å². The summed E-state index contributed by atoms with van der Waals surface area (Å²) in [6, 6.07) is 79.6. The normalized spacial score (nSPS) is 11.1. The van der Waals surface area contributed by atoms with Crippen LogP contribution in [0.3, 0.4) is 0 Å².